The van der Waals surface area contributed by atoms with E-state index in [4.69, 9.17) is 11.6 Å². The molecule has 0 aliphatic heterocycles. The van der Waals surface area contributed by atoms with Gasteiger partial charge >= 0.3 is 11.9 Å². The molecule has 3 heterocycles. The number of hydrogen-bond acceptors (Lipinski definition) is 7. The summed E-state index contributed by atoms with van der Waals surface area (Å²) in [6.45, 7) is -1.38. The second kappa shape index (κ2) is 10.3. The molecule has 1 aliphatic rings. The highest BCUT2D eigenvalue weighted by Gasteiger charge is 2.43. The second-order valence-corrected chi connectivity index (χ2v) is 9.45. The summed E-state index contributed by atoms with van der Waals surface area (Å²) in [5.41, 5.74) is 0.177. The largest absolute Gasteiger partial charge is 0.416 e. The first-order chi connectivity index (χ1) is 18.5. The van der Waals surface area contributed by atoms with Crippen molar-refractivity contribution >= 4 is 17.4 Å². The van der Waals surface area contributed by atoms with Crippen molar-refractivity contribution in [2.24, 2.45) is 5.92 Å². The second-order valence-electron chi connectivity index (χ2n) is 9.01. The molecule has 4 aromatic rings. The van der Waals surface area contributed by atoms with Gasteiger partial charge in [-0.25, -0.2) is 23.5 Å². The number of carbonyl (C=O) groups is 1. The zero-order valence-corrected chi connectivity index (χ0v) is 20.7. The molecule has 1 N–H and O–H groups in total. The molecule has 39 heavy (non-hydrogen) atoms. The summed E-state index contributed by atoms with van der Waals surface area (Å²) in [7, 11) is 0. The first-order valence-corrected chi connectivity index (χ1v) is 12.1. The van der Waals surface area contributed by atoms with Gasteiger partial charge in [-0.2, -0.15) is 13.2 Å². The highest BCUT2D eigenvalue weighted by molar-refractivity contribution is 6.30. The zero-order valence-electron chi connectivity index (χ0n) is 20.0. The number of halogens is 5. The molecule has 5 rings (SSSR count). The average Bonchev–Trinajstić information content (AvgIpc) is 3.32. The Kier molecular flexibility index (Phi) is 7.07. The minimum atomic E-state index is -4.95. The van der Waals surface area contributed by atoms with Gasteiger partial charge in [-0.1, -0.05) is 11.6 Å². The highest BCUT2D eigenvalue weighted by atomic mass is 35.5. The molecular weight excluding hydrogens is 546 g/mol. The molecule has 204 valence electrons. The lowest BCUT2D eigenvalue weighted by Gasteiger charge is -2.15. The summed E-state index contributed by atoms with van der Waals surface area (Å²) in [5.74, 6) is -0.916. The summed E-state index contributed by atoms with van der Waals surface area (Å²) in [4.78, 5) is 33.7. The van der Waals surface area contributed by atoms with Crippen molar-refractivity contribution in [1.29, 1.82) is 0 Å². The van der Waals surface area contributed by atoms with Crippen molar-refractivity contribution in [3.63, 3.8) is 0 Å². The normalized spacial score (nSPS) is 17.8. The number of rotatable bonds is 9. The number of pyridine rings is 1. The zero-order chi connectivity index (χ0) is 27.9. The maximum Gasteiger partial charge on any atom is 0.416 e. The van der Waals surface area contributed by atoms with Crippen LogP contribution in [0, 0.1) is 5.92 Å². The van der Waals surface area contributed by atoms with Crippen LogP contribution in [0.4, 0.5) is 17.6 Å². The number of benzene rings is 1. The van der Waals surface area contributed by atoms with Crippen LogP contribution in [0.3, 0.4) is 0 Å². The highest BCUT2D eigenvalue weighted by Crippen LogP contribution is 2.35. The Morgan fingerprint density at radius 2 is 1.87 bits per heavy atom. The lowest BCUT2D eigenvalue weighted by Crippen LogP contribution is -2.37. The number of aromatic nitrogens is 7. The van der Waals surface area contributed by atoms with Gasteiger partial charge in [-0.05, 0) is 42.8 Å². The molecule has 0 saturated heterocycles. The number of carbonyl (C=O) groups excluding carboxylic acids is 1. The van der Waals surface area contributed by atoms with E-state index >= 15 is 0 Å². The molecule has 0 bridgehead atoms. The number of Topliss-reactive ketones (excluding diaryl/α,β-unsaturated/α-hetero) is 1. The molecule has 1 saturated carbocycles. The van der Waals surface area contributed by atoms with Gasteiger partial charge in [0.1, 0.15) is 24.8 Å². The molecule has 3 atom stereocenters. The quantitative estimate of drug-likeness (QED) is 0.310. The van der Waals surface area contributed by atoms with Gasteiger partial charge in [0.25, 0.3) is 0 Å². The predicted molar refractivity (Wildman–Crippen MR) is 129 cm³/mol. The number of nitrogens with zero attached hydrogens (tertiary/aromatic N) is 7. The van der Waals surface area contributed by atoms with E-state index in [2.05, 4.69) is 20.2 Å². The van der Waals surface area contributed by atoms with Crippen LogP contribution < -0.4 is 5.69 Å². The van der Waals surface area contributed by atoms with Crippen LogP contribution in [0.2, 0.25) is 5.02 Å². The number of hydrogen-bond donors (Lipinski definition) is 1. The third kappa shape index (κ3) is 5.76. The maximum atomic E-state index is 13.3. The van der Waals surface area contributed by atoms with Crippen LogP contribution in [0.5, 0.6) is 0 Å². The van der Waals surface area contributed by atoms with Crippen LogP contribution in [-0.4, -0.2) is 63.4 Å². The van der Waals surface area contributed by atoms with E-state index in [0.717, 1.165) is 9.25 Å². The molecule has 15 heteroatoms. The van der Waals surface area contributed by atoms with Crippen LogP contribution in [0.1, 0.15) is 17.9 Å². The van der Waals surface area contributed by atoms with E-state index in [1.54, 1.807) is 12.1 Å². The topological polar surface area (TPSA) is 121 Å². The molecule has 10 nitrogen and oxygen atoms in total. The van der Waals surface area contributed by atoms with Crippen LogP contribution in [0.25, 0.3) is 17.1 Å². The lowest BCUT2D eigenvalue weighted by atomic mass is 10.1. The summed E-state index contributed by atoms with van der Waals surface area (Å²) in [6, 6.07) is 9.20. The number of aliphatic hydroxyl groups excluding tert-OH is 1. The third-order valence-corrected chi connectivity index (χ3v) is 6.42. The summed E-state index contributed by atoms with van der Waals surface area (Å²) in [6.07, 6.45) is -5.96. The van der Waals surface area contributed by atoms with Crippen LogP contribution in [0.15, 0.2) is 53.7 Å². The number of aliphatic hydroxyl groups is 1. The summed E-state index contributed by atoms with van der Waals surface area (Å²) >= 11 is 5.90. The lowest BCUT2D eigenvalue weighted by molar-refractivity contribution is -0.207. The molecule has 1 fully saturated rings. The van der Waals surface area contributed by atoms with Gasteiger partial charge < -0.3 is 5.11 Å². The van der Waals surface area contributed by atoms with E-state index in [-0.39, 0.29) is 36.8 Å². The van der Waals surface area contributed by atoms with Crippen molar-refractivity contribution in [2.45, 2.75) is 44.4 Å². The first kappa shape index (κ1) is 26.7. The Bertz CT molecular complexity index is 1560. The van der Waals surface area contributed by atoms with Crippen molar-refractivity contribution in [3.8, 4) is 17.1 Å². The van der Waals surface area contributed by atoms with E-state index in [1.165, 1.54) is 41.5 Å². The van der Waals surface area contributed by atoms with Crippen molar-refractivity contribution in [3.05, 3.63) is 75.9 Å². The average molecular weight is 566 g/mol. The van der Waals surface area contributed by atoms with Crippen LogP contribution >= 0.6 is 11.6 Å². The third-order valence-electron chi connectivity index (χ3n) is 6.17. The van der Waals surface area contributed by atoms with Gasteiger partial charge in [0.05, 0.1) is 30.3 Å². The predicted octanol–water partition coefficient (Wildman–Crippen LogP) is 2.78. The Hall–Kier alpha value is -3.91. The van der Waals surface area contributed by atoms with E-state index in [9.17, 15) is 32.3 Å². The first-order valence-electron chi connectivity index (χ1n) is 11.7. The van der Waals surface area contributed by atoms with E-state index in [0.29, 0.717) is 22.0 Å². The summed E-state index contributed by atoms with van der Waals surface area (Å²) in [5, 5.41) is 18.5. The SMILES string of the molecule is O=C(Cc1ncccc1-n1cnc(Cn2nc(-c3ccc(Cl)cc3)n(C[C@H](O)C(F)(F)F)c2=O)n1)[C@H]1C[C@H]1F. The Morgan fingerprint density at radius 3 is 2.54 bits per heavy atom. The standard InChI is InChI=1S/C24H20ClF4N7O3/c25-14-5-3-13(4-6-14)22-33-35(23(39)34(22)10-20(38)24(27,28)29)11-21-31-12-36(32-21)18-2-1-7-30-17(18)9-19(37)15-8-16(15)26/h1-7,12,15-16,20,38H,8-11H2/t15-,16+,20-/m0/s1. The fourth-order valence-electron chi connectivity index (χ4n) is 3.98. The molecule has 0 amide bonds. The molecule has 3 aromatic heterocycles. The van der Waals surface area contributed by atoms with E-state index < -0.39 is 36.6 Å². The minimum Gasteiger partial charge on any atom is -0.382 e. The molecule has 1 aliphatic carbocycles. The molecule has 1 aromatic carbocycles. The Morgan fingerprint density at radius 1 is 1.15 bits per heavy atom. The minimum absolute atomic E-state index is 0.0907. The Balaban J connectivity index is 1.43. The molecule has 0 radical (unpaired) electrons. The van der Waals surface area contributed by atoms with Gasteiger partial charge in [0, 0.05) is 16.8 Å². The molecule has 0 spiro atoms. The van der Waals surface area contributed by atoms with Crippen molar-refractivity contribution < 1.29 is 27.5 Å². The van der Waals surface area contributed by atoms with Crippen molar-refractivity contribution in [2.75, 3.05) is 0 Å². The monoisotopic (exact) mass is 565 g/mol. The number of alkyl halides is 4. The fourth-order valence-corrected chi connectivity index (χ4v) is 4.11. The van der Waals surface area contributed by atoms with Crippen LogP contribution in [-0.2, 0) is 24.3 Å². The Labute approximate surface area is 222 Å². The van der Waals surface area contributed by atoms with E-state index in [1.807, 2.05) is 0 Å². The fraction of sp³-hybridized carbons (Fsp3) is 0.333. The smallest absolute Gasteiger partial charge is 0.382 e. The van der Waals surface area contributed by atoms with Gasteiger partial charge in [0.2, 0.25) is 0 Å². The van der Waals surface area contributed by atoms with Gasteiger partial charge in [0.15, 0.2) is 17.8 Å². The number of ketones is 1. The molecule has 0 unspecified atom stereocenters. The van der Waals surface area contributed by atoms with Gasteiger partial charge in [-0.3, -0.25) is 14.3 Å². The summed E-state index contributed by atoms with van der Waals surface area (Å²) < 4.78 is 55.5. The van der Waals surface area contributed by atoms with Crippen molar-refractivity contribution in [1.82, 2.24) is 34.1 Å². The van der Waals surface area contributed by atoms with Gasteiger partial charge in [-0.15, -0.1) is 10.2 Å². The molecular formula is C24H20ClF4N7O3. The maximum absolute atomic E-state index is 13.3.